The zero-order chi connectivity index (χ0) is 15.0. The fourth-order valence-electron chi connectivity index (χ4n) is 1.39. The van der Waals surface area contributed by atoms with Gasteiger partial charge in [0.1, 0.15) is 13.8 Å². The van der Waals surface area contributed by atoms with Crippen molar-refractivity contribution in [3.63, 3.8) is 0 Å². The second-order valence-corrected chi connectivity index (χ2v) is 8.48. The highest BCUT2D eigenvalue weighted by molar-refractivity contribution is 7.58. The van der Waals surface area contributed by atoms with Gasteiger partial charge >= 0.3 is 0 Å². The third-order valence-electron chi connectivity index (χ3n) is 2.64. The lowest BCUT2D eigenvalue weighted by Gasteiger charge is -2.16. The lowest BCUT2D eigenvalue weighted by Crippen LogP contribution is -2.18. The van der Waals surface area contributed by atoms with E-state index in [0.717, 1.165) is 0 Å². The molecular formula is C7H16N9OP3. The van der Waals surface area contributed by atoms with Gasteiger partial charge in [0.15, 0.2) is 8.51 Å². The Labute approximate surface area is 118 Å². The minimum Gasteiger partial charge on any atom is -0.415 e. The van der Waals surface area contributed by atoms with E-state index in [1.165, 1.54) is 8.40 Å². The molecule has 0 fully saturated rings. The van der Waals surface area contributed by atoms with Gasteiger partial charge in [-0.15, -0.1) is 4.51 Å². The molecule has 0 aliphatic carbocycles. The average molecular weight is 335 g/mol. The third-order valence-corrected chi connectivity index (χ3v) is 7.11. The molecule has 13 heteroatoms. The molecule has 0 aliphatic rings. The monoisotopic (exact) mass is 335 g/mol. The molecule has 0 amide bonds. The Morgan fingerprint density at radius 1 is 1.25 bits per heavy atom. The Morgan fingerprint density at radius 3 is 2.55 bits per heavy atom. The molecule has 1 aromatic carbocycles. The predicted octanol–water partition coefficient (Wildman–Crippen LogP) is 0.401. The Balaban J connectivity index is 2.48. The summed E-state index contributed by atoms with van der Waals surface area (Å²) in [7, 11) is -2.32. The van der Waals surface area contributed by atoms with Gasteiger partial charge in [-0.1, -0.05) is 0 Å². The molecule has 2 rings (SSSR count). The molecule has 10 nitrogen and oxygen atoms in total. The van der Waals surface area contributed by atoms with Crippen molar-refractivity contribution in [1.29, 1.82) is 0 Å². The Bertz CT molecular complexity index is 694. The van der Waals surface area contributed by atoms with Gasteiger partial charge in [0.2, 0.25) is 0 Å². The molecule has 0 spiro atoms. The van der Waals surface area contributed by atoms with E-state index < -0.39 is 16.1 Å². The van der Waals surface area contributed by atoms with Gasteiger partial charge < -0.3 is 21.7 Å². The minimum absolute atomic E-state index is 0.333. The summed E-state index contributed by atoms with van der Waals surface area (Å²) in [6.45, 7) is 1.78. The summed E-state index contributed by atoms with van der Waals surface area (Å²) >= 11 is 0. The zero-order valence-electron chi connectivity index (χ0n) is 10.6. The lowest BCUT2D eigenvalue weighted by atomic mass is 10.1. The highest BCUT2D eigenvalue weighted by Gasteiger charge is 2.13. The van der Waals surface area contributed by atoms with Crippen LogP contribution in [0.1, 0.15) is 5.56 Å². The molecule has 0 aliphatic heterocycles. The summed E-state index contributed by atoms with van der Waals surface area (Å²) in [5.41, 5.74) is 25.0. The van der Waals surface area contributed by atoms with Crippen LogP contribution in [0, 0.1) is 6.92 Å². The number of aromatic nitrogens is 3. The topological polar surface area (TPSA) is 188 Å². The molecule has 0 radical (unpaired) electrons. The van der Waals surface area contributed by atoms with E-state index >= 15 is 0 Å². The lowest BCUT2D eigenvalue weighted by molar-refractivity contribution is 0.613. The summed E-state index contributed by atoms with van der Waals surface area (Å²) in [6.07, 6.45) is 0. The highest BCUT2D eigenvalue weighted by Crippen LogP contribution is 2.39. The van der Waals surface area contributed by atoms with Crippen LogP contribution in [0.3, 0.4) is 0 Å². The summed E-state index contributed by atoms with van der Waals surface area (Å²) in [5, 5.41) is 0. The summed E-state index contributed by atoms with van der Waals surface area (Å²) in [5.74, 6) is 12.0. The van der Waals surface area contributed by atoms with Crippen molar-refractivity contribution in [1.82, 2.24) is 12.9 Å². The van der Waals surface area contributed by atoms with Gasteiger partial charge in [0.25, 0.3) is 8.08 Å². The van der Waals surface area contributed by atoms with Crippen LogP contribution in [-0.4, -0.2) is 12.9 Å². The van der Waals surface area contributed by atoms with Gasteiger partial charge in [-0.25, -0.2) is 15.9 Å². The second kappa shape index (κ2) is 5.54. The van der Waals surface area contributed by atoms with E-state index in [-0.39, 0.29) is 0 Å². The van der Waals surface area contributed by atoms with Crippen LogP contribution in [0.2, 0.25) is 0 Å². The first-order valence-electron chi connectivity index (χ1n) is 5.30. The first kappa shape index (κ1) is 15.0. The Hall–Kier alpha value is -1.40. The number of benzene rings is 1. The van der Waals surface area contributed by atoms with Crippen LogP contribution in [-0.2, 0) is 0 Å². The van der Waals surface area contributed by atoms with Crippen LogP contribution in [0.15, 0.2) is 6.07 Å². The molecule has 0 bridgehead atoms. The Morgan fingerprint density at radius 2 is 1.90 bits per heavy atom. The molecular weight excluding hydrogens is 319 g/mol. The SMILES string of the molecule is Cc1c(Op2npn(N)p(N)n2N)cc(N)c(N)c1N. The van der Waals surface area contributed by atoms with Crippen molar-refractivity contribution >= 4 is 41.7 Å². The molecule has 1 heterocycles. The average Bonchev–Trinajstić information content (AvgIpc) is 2.42. The maximum atomic E-state index is 5.87. The maximum absolute atomic E-state index is 5.87. The van der Waals surface area contributed by atoms with Gasteiger partial charge in [0, 0.05) is 11.6 Å². The third kappa shape index (κ3) is 2.58. The van der Waals surface area contributed by atoms with Crippen molar-refractivity contribution in [2.45, 2.75) is 6.92 Å². The van der Waals surface area contributed by atoms with Crippen molar-refractivity contribution < 1.29 is 4.52 Å². The van der Waals surface area contributed by atoms with E-state index in [1.807, 2.05) is 0 Å². The molecule has 0 saturated heterocycles. The van der Waals surface area contributed by atoms with Crippen molar-refractivity contribution in [2.24, 2.45) is 0 Å². The second-order valence-electron chi connectivity index (χ2n) is 3.90. The molecule has 20 heavy (non-hydrogen) atoms. The zero-order valence-corrected chi connectivity index (χ0v) is 13.3. The summed E-state index contributed by atoms with van der Waals surface area (Å²) < 4.78 is 12.6. The largest absolute Gasteiger partial charge is 0.415 e. The molecule has 0 saturated carbocycles. The van der Waals surface area contributed by atoms with Gasteiger partial charge in [-0.2, -0.15) is 4.20 Å². The fraction of sp³-hybridized carbons (Fsp3) is 0.143. The van der Waals surface area contributed by atoms with Crippen LogP contribution >= 0.6 is 24.6 Å². The molecule has 2 unspecified atom stereocenters. The smallest absolute Gasteiger partial charge is 0.282 e. The van der Waals surface area contributed by atoms with E-state index in [4.69, 9.17) is 38.9 Å². The quantitative estimate of drug-likeness (QED) is 0.336. The van der Waals surface area contributed by atoms with Crippen molar-refractivity contribution in [2.75, 3.05) is 34.4 Å². The fourth-order valence-corrected chi connectivity index (χ4v) is 5.52. The number of nitrogens with two attached hydrogens (primary N) is 6. The maximum Gasteiger partial charge on any atom is 0.282 e. The number of nitrogen functional groups attached to an aromatic ring is 6. The van der Waals surface area contributed by atoms with E-state index in [1.54, 1.807) is 13.0 Å². The minimum atomic E-state index is -1.47. The van der Waals surface area contributed by atoms with Crippen molar-refractivity contribution in [3.8, 4) is 5.75 Å². The summed E-state index contributed by atoms with van der Waals surface area (Å²) in [6, 6.07) is 1.59. The summed E-state index contributed by atoms with van der Waals surface area (Å²) in [4.78, 5) is 0. The van der Waals surface area contributed by atoms with Crippen LogP contribution in [0.4, 0.5) is 17.1 Å². The van der Waals surface area contributed by atoms with Crippen LogP contribution in [0.25, 0.3) is 0 Å². The van der Waals surface area contributed by atoms with Crippen molar-refractivity contribution in [3.05, 3.63) is 11.6 Å². The van der Waals surface area contributed by atoms with E-state index in [0.29, 0.717) is 36.9 Å². The number of hydrogen-bond donors (Lipinski definition) is 6. The first-order valence-corrected chi connectivity index (χ1v) is 8.59. The normalized spacial score (nSPS) is 12.8. The Kier molecular flexibility index (Phi) is 4.15. The van der Waals surface area contributed by atoms with Gasteiger partial charge in [-0.3, -0.25) is 5.50 Å². The molecule has 110 valence electrons. The number of rotatable bonds is 2. The van der Waals surface area contributed by atoms with E-state index in [2.05, 4.69) is 4.51 Å². The predicted molar refractivity (Wildman–Crippen MR) is 86.7 cm³/mol. The first-order chi connectivity index (χ1) is 9.32. The van der Waals surface area contributed by atoms with Crippen LogP contribution in [0.5, 0.6) is 5.75 Å². The number of hydrogen-bond acceptors (Lipinski definition) is 8. The number of anilines is 3. The molecule has 2 atom stereocenters. The number of nitrogens with zero attached hydrogens (tertiary/aromatic N) is 3. The van der Waals surface area contributed by atoms with Gasteiger partial charge in [0.05, 0.1) is 17.1 Å². The highest BCUT2D eigenvalue weighted by atomic mass is 31.2. The molecule has 12 N–H and O–H groups in total. The standard InChI is InChI=1S/C7H16N9OP3/c1-3-5(2-4(8)7(10)6(3)9)17-20-14-18-15(11)19(13)16(20)12/h2H,8-13H2,1H3. The molecule has 1 aromatic heterocycles. The van der Waals surface area contributed by atoms with Crippen LogP contribution < -0.4 is 38.9 Å². The molecule has 2 aromatic rings. The van der Waals surface area contributed by atoms with Gasteiger partial charge in [-0.05, 0) is 6.92 Å². The van der Waals surface area contributed by atoms with E-state index in [9.17, 15) is 0 Å².